The lowest BCUT2D eigenvalue weighted by atomic mass is 10.1. The van der Waals surface area contributed by atoms with Crippen LogP contribution in [0, 0.1) is 6.92 Å². The monoisotopic (exact) mass is 411 g/mol. The fraction of sp³-hybridized carbons (Fsp3) is 0.364. The number of methoxy groups -OCH3 is 1. The first-order valence-corrected chi connectivity index (χ1v) is 10.6. The Morgan fingerprint density at radius 1 is 1.24 bits per heavy atom. The van der Waals surface area contributed by atoms with E-state index in [1.165, 1.54) is 11.3 Å². The quantitative estimate of drug-likeness (QED) is 0.620. The van der Waals surface area contributed by atoms with Gasteiger partial charge in [0.15, 0.2) is 5.13 Å². The van der Waals surface area contributed by atoms with Gasteiger partial charge in [0.25, 0.3) is 5.91 Å². The van der Waals surface area contributed by atoms with Crippen LogP contribution in [-0.2, 0) is 4.74 Å². The van der Waals surface area contributed by atoms with Crippen LogP contribution in [0.3, 0.4) is 0 Å². The molecule has 0 N–H and O–H groups in total. The summed E-state index contributed by atoms with van der Waals surface area (Å²) in [5, 5.41) is 0.716. The van der Waals surface area contributed by atoms with E-state index >= 15 is 0 Å². The van der Waals surface area contributed by atoms with Gasteiger partial charge in [-0.05, 0) is 31.2 Å². The maximum absolute atomic E-state index is 13.4. The number of carbonyl (C=O) groups excluding carboxylic acids is 1. The van der Waals surface area contributed by atoms with Gasteiger partial charge in [0.05, 0.1) is 30.5 Å². The Balaban J connectivity index is 1.64. The minimum absolute atomic E-state index is 0.0204. The van der Waals surface area contributed by atoms with E-state index in [4.69, 9.17) is 14.5 Å². The molecule has 0 spiro atoms. The molecule has 1 saturated heterocycles. The van der Waals surface area contributed by atoms with Crippen LogP contribution < -0.4 is 9.64 Å². The Labute approximate surface area is 174 Å². The van der Waals surface area contributed by atoms with Crippen molar-refractivity contribution in [2.45, 2.75) is 6.92 Å². The van der Waals surface area contributed by atoms with Gasteiger partial charge in [-0.2, -0.15) is 0 Å². The predicted molar refractivity (Wildman–Crippen MR) is 116 cm³/mol. The summed E-state index contributed by atoms with van der Waals surface area (Å²) in [6.45, 7) is 6.65. The Kier molecular flexibility index (Phi) is 6.08. The summed E-state index contributed by atoms with van der Waals surface area (Å²) in [7, 11) is 1.64. The Bertz CT molecular complexity index is 998. The maximum Gasteiger partial charge on any atom is 0.260 e. The van der Waals surface area contributed by atoms with Gasteiger partial charge < -0.3 is 9.47 Å². The highest BCUT2D eigenvalue weighted by atomic mass is 32.1. The van der Waals surface area contributed by atoms with Crippen LogP contribution in [0.5, 0.6) is 5.75 Å². The maximum atomic E-state index is 13.4. The van der Waals surface area contributed by atoms with Gasteiger partial charge in [0.1, 0.15) is 5.75 Å². The first kappa shape index (κ1) is 19.8. The molecule has 0 radical (unpaired) electrons. The van der Waals surface area contributed by atoms with Crippen molar-refractivity contribution in [1.82, 2.24) is 9.88 Å². The molecule has 0 saturated carbocycles. The van der Waals surface area contributed by atoms with E-state index in [0.717, 1.165) is 54.4 Å². The lowest BCUT2D eigenvalue weighted by molar-refractivity contribution is 0.0391. The predicted octanol–water partition coefficient (Wildman–Crippen LogP) is 3.59. The van der Waals surface area contributed by atoms with E-state index in [1.807, 2.05) is 49.4 Å². The van der Waals surface area contributed by atoms with Crippen molar-refractivity contribution in [3.05, 3.63) is 53.6 Å². The summed E-state index contributed by atoms with van der Waals surface area (Å²) in [6, 6.07) is 13.5. The number of nitrogens with zero attached hydrogens (tertiary/aromatic N) is 3. The molecule has 1 aliphatic heterocycles. The minimum atomic E-state index is -0.0204. The van der Waals surface area contributed by atoms with Gasteiger partial charge in [-0.3, -0.25) is 14.6 Å². The molecule has 1 aliphatic rings. The molecule has 2 aromatic carbocycles. The van der Waals surface area contributed by atoms with E-state index in [-0.39, 0.29) is 5.91 Å². The molecular weight excluding hydrogens is 386 g/mol. The van der Waals surface area contributed by atoms with Crippen molar-refractivity contribution in [3.63, 3.8) is 0 Å². The molecule has 0 unspecified atom stereocenters. The fourth-order valence-corrected chi connectivity index (χ4v) is 4.39. The molecule has 0 atom stereocenters. The summed E-state index contributed by atoms with van der Waals surface area (Å²) in [5.74, 6) is 0.743. The van der Waals surface area contributed by atoms with Crippen LogP contribution in [0.1, 0.15) is 15.9 Å². The van der Waals surface area contributed by atoms with Crippen LogP contribution in [0.25, 0.3) is 10.2 Å². The van der Waals surface area contributed by atoms with E-state index < -0.39 is 0 Å². The van der Waals surface area contributed by atoms with Crippen molar-refractivity contribution in [1.29, 1.82) is 0 Å². The van der Waals surface area contributed by atoms with Crippen molar-refractivity contribution < 1.29 is 14.3 Å². The fourth-order valence-electron chi connectivity index (χ4n) is 3.42. The number of hydrogen-bond acceptors (Lipinski definition) is 6. The van der Waals surface area contributed by atoms with Crippen molar-refractivity contribution in [2.75, 3.05) is 51.4 Å². The highest BCUT2D eigenvalue weighted by Crippen LogP contribution is 2.32. The molecule has 0 aliphatic carbocycles. The molecule has 1 fully saturated rings. The smallest absolute Gasteiger partial charge is 0.260 e. The SMILES string of the molecule is COc1ccc2sc(N(CCN3CCOCC3)C(=O)c3cccc(C)c3)nc2c1. The van der Waals surface area contributed by atoms with E-state index in [1.54, 1.807) is 12.0 Å². The lowest BCUT2D eigenvalue weighted by Crippen LogP contribution is -2.43. The van der Waals surface area contributed by atoms with Crippen molar-refractivity contribution >= 4 is 32.6 Å². The third kappa shape index (κ3) is 4.58. The van der Waals surface area contributed by atoms with Crippen molar-refractivity contribution in [2.24, 2.45) is 0 Å². The van der Waals surface area contributed by atoms with Gasteiger partial charge >= 0.3 is 0 Å². The zero-order valence-corrected chi connectivity index (χ0v) is 17.6. The van der Waals surface area contributed by atoms with E-state index in [2.05, 4.69) is 4.90 Å². The third-order valence-electron chi connectivity index (χ3n) is 5.07. The first-order valence-electron chi connectivity index (χ1n) is 9.77. The Hall–Kier alpha value is -2.48. The highest BCUT2D eigenvalue weighted by molar-refractivity contribution is 7.22. The van der Waals surface area contributed by atoms with Crippen LogP contribution in [0.15, 0.2) is 42.5 Å². The number of anilines is 1. The van der Waals surface area contributed by atoms with Crippen LogP contribution in [0.4, 0.5) is 5.13 Å². The van der Waals surface area contributed by atoms with Crippen LogP contribution in [-0.4, -0.2) is 62.3 Å². The lowest BCUT2D eigenvalue weighted by Gasteiger charge is -2.29. The third-order valence-corrected chi connectivity index (χ3v) is 6.13. The average Bonchev–Trinajstić information content (AvgIpc) is 3.17. The molecule has 1 amide bonds. The van der Waals surface area contributed by atoms with Crippen molar-refractivity contribution in [3.8, 4) is 5.75 Å². The molecule has 3 aromatic rings. The Morgan fingerprint density at radius 3 is 2.83 bits per heavy atom. The largest absolute Gasteiger partial charge is 0.497 e. The topological polar surface area (TPSA) is 54.9 Å². The molecule has 4 rings (SSSR count). The minimum Gasteiger partial charge on any atom is -0.497 e. The Morgan fingerprint density at radius 2 is 2.07 bits per heavy atom. The van der Waals surface area contributed by atoms with Gasteiger partial charge in [0.2, 0.25) is 0 Å². The van der Waals surface area contributed by atoms with Gasteiger partial charge in [-0.15, -0.1) is 0 Å². The summed E-state index contributed by atoms with van der Waals surface area (Å²) in [5.41, 5.74) is 2.60. The second-order valence-electron chi connectivity index (χ2n) is 7.11. The summed E-state index contributed by atoms with van der Waals surface area (Å²) >= 11 is 1.53. The molecule has 0 bridgehead atoms. The number of thiazole rings is 1. The van der Waals surface area contributed by atoms with E-state index in [0.29, 0.717) is 17.2 Å². The zero-order valence-electron chi connectivity index (χ0n) is 16.8. The number of morpholine rings is 1. The summed E-state index contributed by atoms with van der Waals surface area (Å²) < 4.78 is 11.8. The number of ether oxygens (including phenoxy) is 2. The number of aryl methyl sites for hydroxylation is 1. The first-order chi connectivity index (χ1) is 14.1. The number of fused-ring (bicyclic) bond motifs is 1. The normalized spacial score (nSPS) is 14.8. The number of aromatic nitrogens is 1. The molecule has 6 nitrogen and oxygen atoms in total. The van der Waals surface area contributed by atoms with Gasteiger partial charge in [-0.1, -0.05) is 29.0 Å². The highest BCUT2D eigenvalue weighted by Gasteiger charge is 2.23. The standard InChI is InChI=1S/C22H25N3O3S/c1-16-4-3-5-17(14-16)21(26)25(9-8-24-10-12-28-13-11-24)22-23-19-15-18(27-2)6-7-20(19)29-22/h3-7,14-15H,8-13H2,1-2H3. The van der Waals surface area contributed by atoms with Gasteiger partial charge in [-0.25, -0.2) is 4.98 Å². The van der Waals surface area contributed by atoms with Gasteiger partial charge in [0, 0.05) is 37.8 Å². The second-order valence-corrected chi connectivity index (χ2v) is 8.12. The zero-order chi connectivity index (χ0) is 20.2. The van der Waals surface area contributed by atoms with E-state index in [9.17, 15) is 4.79 Å². The molecule has 152 valence electrons. The second kappa shape index (κ2) is 8.90. The number of rotatable bonds is 6. The molecule has 7 heteroatoms. The summed E-state index contributed by atoms with van der Waals surface area (Å²) in [4.78, 5) is 22.3. The summed E-state index contributed by atoms with van der Waals surface area (Å²) in [6.07, 6.45) is 0. The van der Waals surface area contributed by atoms with Crippen LogP contribution in [0.2, 0.25) is 0 Å². The molecule has 29 heavy (non-hydrogen) atoms. The average molecular weight is 412 g/mol. The molecule has 2 heterocycles. The number of hydrogen-bond donors (Lipinski definition) is 0. The number of benzene rings is 2. The number of amides is 1. The number of carbonyl (C=O) groups is 1. The van der Waals surface area contributed by atoms with Crippen LogP contribution >= 0.6 is 11.3 Å². The molecular formula is C22H25N3O3S. The molecule has 1 aromatic heterocycles.